The van der Waals surface area contributed by atoms with Crippen LogP contribution in [-0.2, 0) is 11.2 Å². The number of hydrogen-bond donors (Lipinski definition) is 1. The molecule has 4 nitrogen and oxygen atoms in total. The van der Waals surface area contributed by atoms with Crippen molar-refractivity contribution in [2.75, 3.05) is 11.4 Å². The predicted octanol–water partition coefficient (Wildman–Crippen LogP) is 3.17. The molecule has 1 N–H and O–H groups in total. The molecule has 1 aliphatic rings. The molecule has 5 heteroatoms. The zero-order chi connectivity index (χ0) is 18.0. The molecule has 0 aromatic heterocycles. The van der Waals surface area contributed by atoms with Crippen molar-refractivity contribution in [2.24, 2.45) is 5.92 Å². The number of benzene rings is 2. The van der Waals surface area contributed by atoms with Gasteiger partial charge in [0.25, 0.3) is 5.91 Å². The van der Waals surface area contributed by atoms with E-state index in [1.165, 1.54) is 18.2 Å². The lowest BCUT2D eigenvalue weighted by molar-refractivity contribution is -0.121. The standard InChI is InChI=1S/C20H21FN2O2/c1-13(2)18(22-19(24)15-8-4-5-9-16(15)21)20(25)23-12-11-14-7-3-6-10-17(14)23/h3-10,13,18H,11-12H2,1-2H3,(H,22,24)/t18-/m1/s1. The average Bonchev–Trinajstić information content (AvgIpc) is 3.03. The van der Waals surface area contributed by atoms with Gasteiger partial charge in [0.1, 0.15) is 11.9 Å². The first kappa shape index (κ1) is 17.1. The van der Waals surface area contributed by atoms with E-state index < -0.39 is 17.8 Å². The van der Waals surface area contributed by atoms with Crippen LogP contribution in [0.1, 0.15) is 29.8 Å². The third-order valence-electron chi connectivity index (χ3n) is 4.49. The number of fused-ring (bicyclic) bond motifs is 1. The number of hydrogen-bond acceptors (Lipinski definition) is 2. The second-order valence-corrected chi connectivity index (χ2v) is 6.54. The summed E-state index contributed by atoms with van der Waals surface area (Å²) in [6.07, 6.45) is 0.800. The highest BCUT2D eigenvalue weighted by Gasteiger charge is 2.33. The van der Waals surface area contributed by atoms with Crippen molar-refractivity contribution in [1.29, 1.82) is 0 Å². The van der Waals surface area contributed by atoms with Crippen molar-refractivity contribution in [3.05, 3.63) is 65.5 Å². The van der Waals surface area contributed by atoms with Gasteiger partial charge in [-0.1, -0.05) is 44.2 Å². The van der Waals surface area contributed by atoms with E-state index in [9.17, 15) is 14.0 Å². The SMILES string of the molecule is CC(C)[C@@H](NC(=O)c1ccccc1F)C(=O)N1CCc2ccccc21. The Bertz CT molecular complexity index is 804. The van der Waals surface area contributed by atoms with Gasteiger partial charge in [0, 0.05) is 12.2 Å². The summed E-state index contributed by atoms with van der Waals surface area (Å²) in [6, 6.07) is 12.8. The summed E-state index contributed by atoms with van der Waals surface area (Å²) in [5.74, 6) is -1.44. The normalized spacial score (nSPS) is 14.3. The molecule has 0 radical (unpaired) electrons. The fraction of sp³-hybridized carbons (Fsp3) is 0.300. The molecule has 2 aromatic rings. The van der Waals surface area contributed by atoms with Crippen LogP contribution in [0.4, 0.5) is 10.1 Å². The summed E-state index contributed by atoms with van der Waals surface area (Å²) < 4.78 is 13.8. The molecule has 0 fully saturated rings. The van der Waals surface area contributed by atoms with Crippen LogP contribution in [0, 0.1) is 11.7 Å². The van der Waals surface area contributed by atoms with Crippen LogP contribution >= 0.6 is 0 Å². The van der Waals surface area contributed by atoms with Crippen molar-refractivity contribution in [2.45, 2.75) is 26.3 Å². The van der Waals surface area contributed by atoms with Crippen molar-refractivity contribution in [1.82, 2.24) is 5.32 Å². The average molecular weight is 340 g/mol. The highest BCUT2D eigenvalue weighted by molar-refractivity contribution is 6.03. The molecule has 130 valence electrons. The topological polar surface area (TPSA) is 49.4 Å². The van der Waals surface area contributed by atoms with E-state index in [1.807, 2.05) is 38.1 Å². The van der Waals surface area contributed by atoms with Gasteiger partial charge in [-0.25, -0.2) is 4.39 Å². The summed E-state index contributed by atoms with van der Waals surface area (Å²) in [7, 11) is 0. The van der Waals surface area contributed by atoms with Crippen molar-refractivity contribution < 1.29 is 14.0 Å². The lowest BCUT2D eigenvalue weighted by Gasteiger charge is -2.27. The minimum absolute atomic E-state index is 0.0530. The lowest BCUT2D eigenvalue weighted by atomic mass is 10.0. The molecule has 1 atom stereocenters. The van der Waals surface area contributed by atoms with Crippen LogP contribution in [0.5, 0.6) is 0 Å². The Kier molecular flexibility index (Phi) is 4.83. The second kappa shape index (κ2) is 7.05. The fourth-order valence-electron chi connectivity index (χ4n) is 3.11. The van der Waals surface area contributed by atoms with E-state index in [0.29, 0.717) is 6.54 Å². The van der Waals surface area contributed by atoms with Gasteiger partial charge in [0.15, 0.2) is 0 Å². The lowest BCUT2D eigenvalue weighted by Crippen LogP contribution is -2.51. The van der Waals surface area contributed by atoms with E-state index in [-0.39, 0.29) is 17.4 Å². The van der Waals surface area contributed by atoms with Gasteiger partial charge in [-0.2, -0.15) is 0 Å². The third kappa shape index (κ3) is 3.40. The van der Waals surface area contributed by atoms with Gasteiger partial charge in [-0.15, -0.1) is 0 Å². The van der Waals surface area contributed by atoms with Crippen molar-refractivity contribution in [3.63, 3.8) is 0 Å². The number of carbonyl (C=O) groups is 2. The Balaban J connectivity index is 1.81. The number of amides is 2. The monoisotopic (exact) mass is 340 g/mol. The molecule has 3 rings (SSSR count). The van der Waals surface area contributed by atoms with E-state index in [4.69, 9.17) is 0 Å². The molecule has 0 aliphatic carbocycles. The Morgan fingerprint density at radius 2 is 1.76 bits per heavy atom. The molecule has 0 unspecified atom stereocenters. The molecule has 0 spiro atoms. The molecule has 2 amide bonds. The summed E-state index contributed by atoms with van der Waals surface area (Å²) in [5, 5.41) is 2.71. The van der Waals surface area contributed by atoms with Crippen molar-refractivity contribution in [3.8, 4) is 0 Å². The Morgan fingerprint density at radius 1 is 1.08 bits per heavy atom. The largest absolute Gasteiger partial charge is 0.340 e. The van der Waals surface area contributed by atoms with Gasteiger partial charge in [-0.3, -0.25) is 9.59 Å². The quantitative estimate of drug-likeness (QED) is 0.929. The maximum absolute atomic E-state index is 13.8. The molecule has 0 bridgehead atoms. The Labute approximate surface area is 146 Å². The number of nitrogens with zero attached hydrogens (tertiary/aromatic N) is 1. The number of para-hydroxylation sites is 1. The van der Waals surface area contributed by atoms with E-state index in [1.54, 1.807) is 11.0 Å². The first-order chi connectivity index (χ1) is 12.0. The van der Waals surface area contributed by atoms with E-state index in [2.05, 4.69) is 5.32 Å². The molecule has 1 aliphatic heterocycles. The number of nitrogens with one attached hydrogen (secondary N) is 1. The first-order valence-corrected chi connectivity index (χ1v) is 8.43. The molecular weight excluding hydrogens is 319 g/mol. The molecule has 1 heterocycles. The smallest absolute Gasteiger partial charge is 0.254 e. The van der Waals surface area contributed by atoms with Crippen LogP contribution in [0.2, 0.25) is 0 Å². The minimum Gasteiger partial charge on any atom is -0.340 e. The Morgan fingerprint density at radius 3 is 2.48 bits per heavy atom. The molecule has 0 saturated carbocycles. The van der Waals surface area contributed by atoms with Gasteiger partial charge < -0.3 is 10.2 Å². The van der Waals surface area contributed by atoms with Crippen LogP contribution in [-0.4, -0.2) is 24.4 Å². The summed E-state index contributed by atoms with van der Waals surface area (Å²) >= 11 is 0. The highest BCUT2D eigenvalue weighted by atomic mass is 19.1. The van der Waals surface area contributed by atoms with Gasteiger partial charge in [-0.05, 0) is 36.1 Å². The van der Waals surface area contributed by atoms with Gasteiger partial charge in [0.05, 0.1) is 5.56 Å². The van der Waals surface area contributed by atoms with Gasteiger partial charge in [0.2, 0.25) is 5.91 Å². The van der Waals surface area contributed by atoms with Crippen LogP contribution in [0.3, 0.4) is 0 Å². The third-order valence-corrected chi connectivity index (χ3v) is 4.49. The molecular formula is C20H21FN2O2. The first-order valence-electron chi connectivity index (χ1n) is 8.43. The summed E-state index contributed by atoms with van der Waals surface area (Å²) in [4.78, 5) is 27.2. The van der Waals surface area contributed by atoms with Gasteiger partial charge >= 0.3 is 0 Å². The highest BCUT2D eigenvalue weighted by Crippen LogP contribution is 2.28. The zero-order valence-electron chi connectivity index (χ0n) is 14.3. The molecule has 0 saturated heterocycles. The number of carbonyl (C=O) groups excluding carboxylic acids is 2. The number of anilines is 1. The van der Waals surface area contributed by atoms with Crippen molar-refractivity contribution >= 4 is 17.5 Å². The molecule has 2 aromatic carbocycles. The number of halogens is 1. The fourth-order valence-corrected chi connectivity index (χ4v) is 3.11. The summed E-state index contributed by atoms with van der Waals surface area (Å²) in [5.41, 5.74) is 1.96. The van der Waals surface area contributed by atoms with Crippen LogP contribution < -0.4 is 10.2 Å². The van der Waals surface area contributed by atoms with E-state index >= 15 is 0 Å². The van der Waals surface area contributed by atoms with E-state index in [0.717, 1.165) is 17.7 Å². The van der Waals surface area contributed by atoms with Crippen LogP contribution in [0.25, 0.3) is 0 Å². The maximum atomic E-state index is 13.8. The second-order valence-electron chi connectivity index (χ2n) is 6.54. The van der Waals surface area contributed by atoms with Crippen LogP contribution in [0.15, 0.2) is 48.5 Å². The number of rotatable bonds is 4. The zero-order valence-corrected chi connectivity index (χ0v) is 14.3. The minimum atomic E-state index is -0.710. The Hall–Kier alpha value is -2.69. The predicted molar refractivity (Wildman–Crippen MR) is 95.0 cm³/mol. The summed E-state index contributed by atoms with van der Waals surface area (Å²) in [6.45, 7) is 4.33. The molecule has 25 heavy (non-hydrogen) atoms. The maximum Gasteiger partial charge on any atom is 0.254 e.